The maximum atomic E-state index is 13.0. The minimum Gasteiger partial charge on any atom is -0.444 e. The standard InChI is InChI=1S/C13H16F2NO2/c1-13(2,3)18-12(17)16(4)8-9-5-10(14)7-11(15)6-9/h5,7H,8H2,1-4H3. The predicted molar refractivity (Wildman–Crippen MR) is 62.9 cm³/mol. The summed E-state index contributed by atoms with van der Waals surface area (Å²) in [6, 6.07) is 4.20. The van der Waals surface area contributed by atoms with Gasteiger partial charge in [0.25, 0.3) is 0 Å². The first-order valence-electron chi connectivity index (χ1n) is 5.49. The molecule has 18 heavy (non-hydrogen) atoms. The van der Waals surface area contributed by atoms with E-state index in [4.69, 9.17) is 4.74 Å². The molecule has 0 saturated carbocycles. The summed E-state index contributed by atoms with van der Waals surface area (Å²) in [7, 11) is 1.49. The number of carbonyl (C=O) groups excluding carboxylic acids is 1. The molecule has 0 aliphatic carbocycles. The molecule has 0 heterocycles. The van der Waals surface area contributed by atoms with E-state index in [2.05, 4.69) is 6.07 Å². The third-order valence-corrected chi connectivity index (χ3v) is 1.97. The second-order valence-electron chi connectivity index (χ2n) is 5.01. The van der Waals surface area contributed by atoms with Crippen LogP contribution >= 0.6 is 0 Å². The highest BCUT2D eigenvalue weighted by Gasteiger charge is 2.19. The number of hydrogen-bond acceptors (Lipinski definition) is 2. The van der Waals surface area contributed by atoms with E-state index in [0.29, 0.717) is 0 Å². The van der Waals surface area contributed by atoms with Crippen LogP contribution in [0.3, 0.4) is 0 Å². The Morgan fingerprint density at radius 3 is 2.50 bits per heavy atom. The van der Waals surface area contributed by atoms with Gasteiger partial charge in [0.05, 0.1) is 0 Å². The lowest BCUT2D eigenvalue weighted by molar-refractivity contribution is 0.0284. The number of benzene rings is 1. The molecule has 0 N–H and O–H groups in total. The average Bonchev–Trinajstić information content (AvgIpc) is 2.12. The first kappa shape index (κ1) is 14.4. The molecule has 99 valence electrons. The van der Waals surface area contributed by atoms with Crippen LogP contribution in [0.25, 0.3) is 0 Å². The number of ether oxygens (including phenoxy) is 1. The van der Waals surface area contributed by atoms with E-state index in [1.54, 1.807) is 20.8 Å². The summed E-state index contributed by atoms with van der Waals surface area (Å²) in [4.78, 5) is 12.9. The van der Waals surface area contributed by atoms with Gasteiger partial charge in [-0.25, -0.2) is 13.6 Å². The fourth-order valence-corrected chi connectivity index (χ4v) is 1.30. The molecule has 1 aromatic rings. The molecule has 0 saturated heterocycles. The molecule has 0 bridgehead atoms. The van der Waals surface area contributed by atoms with Crippen LogP contribution in [0.1, 0.15) is 26.3 Å². The highest BCUT2D eigenvalue weighted by Crippen LogP contribution is 2.13. The Hall–Kier alpha value is -1.65. The summed E-state index contributed by atoms with van der Waals surface area (Å²) >= 11 is 0. The van der Waals surface area contributed by atoms with E-state index in [1.807, 2.05) is 0 Å². The normalized spacial score (nSPS) is 11.2. The maximum absolute atomic E-state index is 13.0. The van der Waals surface area contributed by atoms with E-state index < -0.39 is 23.3 Å². The summed E-state index contributed by atoms with van der Waals surface area (Å²) in [5.74, 6) is -1.48. The molecule has 0 unspecified atom stereocenters. The van der Waals surface area contributed by atoms with Crippen molar-refractivity contribution in [2.75, 3.05) is 7.05 Å². The van der Waals surface area contributed by atoms with Crippen LogP contribution in [0.2, 0.25) is 0 Å². The van der Waals surface area contributed by atoms with Crippen LogP contribution in [0.4, 0.5) is 13.6 Å². The number of halogens is 2. The van der Waals surface area contributed by atoms with Gasteiger partial charge < -0.3 is 9.64 Å². The highest BCUT2D eigenvalue weighted by molar-refractivity contribution is 5.67. The highest BCUT2D eigenvalue weighted by atomic mass is 19.1. The molecular weight excluding hydrogens is 240 g/mol. The van der Waals surface area contributed by atoms with Gasteiger partial charge in [0.1, 0.15) is 17.2 Å². The molecule has 5 heteroatoms. The largest absolute Gasteiger partial charge is 0.444 e. The van der Waals surface area contributed by atoms with Crippen LogP contribution in [0, 0.1) is 17.7 Å². The zero-order valence-corrected chi connectivity index (χ0v) is 10.9. The molecule has 3 nitrogen and oxygen atoms in total. The van der Waals surface area contributed by atoms with Crippen molar-refractivity contribution in [3.05, 3.63) is 35.4 Å². The Morgan fingerprint density at radius 1 is 1.39 bits per heavy atom. The van der Waals surface area contributed by atoms with E-state index in [0.717, 1.165) is 12.1 Å². The monoisotopic (exact) mass is 256 g/mol. The van der Waals surface area contributed by atoms with E-state index in [1.165, 1.54) is 11.9 Å². The third-order valence-electron chi connectivity index (χ3n) is 1.97. The molecule has 0 aromatic heterocycles. The Kier molecular flexibility index (Phi) is 4.27. The van der Waals surface area contributed by atoms with Crippen molar-refractivity contribution in [1.82, 2.24) is 4.90 Å². The van der Waals surface area contributed by atoms with Gasteiger partial charge in [0, 0.05) is 25.7 Å². The molecule has 1 rings (SSSR count). The number of carbonyl (C=O) groups is 1. The van der Waals surface area contributed by atoms with Gasteiger partial charge in [-0.2, -0.15) is 0 Å². The van der Waals surface area contributed by atoms with Crippen LogP contribution < -0.4 is 0 Å². The Morgan fingerprint density at radius 2 is 2.00 bits per heavy atom. The van der Waals surface area contributed by atoms with Crippen molar-refractivity contribution in [2.24, 2.45) is 0 Å². The molecule has 1 amide bonds. The van der Waals surface area contributed by atoms with Gasteiger partial charge >= 0.3 is 6.09 Å². The minimum absolute atomic E-state index is 0.0313. The first-order chi connectivity index (χ1) is 8.17. The lowest BCUT2D eigenvalue weighted by atomic mass is 10.2. The molecule has 0 fully saturated rings. The molecule has 0 spiro atoms. The summed E-state index contributed by atoms with van der Waals surface area (Å²) in [6.07, 6.45) is -0.555. The van der Waals surface area contributed by atoms with Crippen LogP contribution in [-0.4, -0.2) is 23.6 Å². The third kappa shape index (κ3) is 4.69. The van der Waals surface area contributed by atoms with Gasteiger partial charge in [-0.05, 0) is 32.4 Å². The lowest BCUT2D eigenvalue weighted by Crippen LogP contribution is -2.33. The van der Waals surface area contributed by atoms with Crippen LogP contribution in [0.15, 0.2) is 12.1 Å². The predicted octanol–water partition coefficient (Wildman–Crippen LogP) is 3.13. The van der Waals surface area contributed by atoms with E-state index in [-0.39, 0.29) is 12.1 Å². The minimum atomic E-state index is -0.789. The van der Waals surface area contributed by atoms with Gasteiger partial charge in [0.15, 0.2) is 0 Å². The van der Waals surface area contributed by atoms with Crippen molar-refractivity contribution in [1.29, 1.82) is 0 Å². The number of rotatable bonds is 2. The molecule has 0 atom stereocenters. The average molecular weight is 256 g/mol. The van der Waals surface area contributed by atoms with Crippen molar-refractivity contribution in [3.63, 3.8) is 0 Å². The lowest BCUT2D eigenvalue weighted by Gasteiger charge is -2.24. The SMILES string of the molecule is CN(Cc1[c]c(F)cc(F)c1)C(=O)OC(C)(C)C. The quantitative estimate of drug-likeness (QED) is 0.813. The zero-order valence-electron chi connectivity index (χ0n) is 10.9. The smallest absolute Gasteiger partial charge is 0.410 e. The second kappa shape index (κ2) is 5.33. The molecule has 1 aromatic carbocycles. The van der Waals surface area contributed by atoms with E-state index >= 15 is 0 Å². The summed E-state index contributed by atoms with van der Waals surface area (Å²) < 4.78 is 31.0. The van der Waals surface area contributed by atoms with Gasteiger partial charge in [-0.1, -0.05) is 0 Å². The Bertz CT molecular complexity index is 421. The van der Waals surface area contributed by atoms with Gasteiger partial charge in [0.2, 0.25) is 0 Å². The van der Waals surface area contributed by atoms with Crippen LogP contribution in [-0.2, 0) is 11.3 Å². The number of amides is 1. The van der Waals surface area contributed by atoms with E-state index in [9.17, 15) is 13.6 Å². The van der Waals surface area contributed by atoms with Gasteiger partial charge in [-0.3, -0.25) is 0 Å². The van der Waals surface area contributed by atoms with Crippen molar-refractivity contribution < 1.29 is 18.3 Å². The molecule has 0 aliphatic heterocycles. The topological polar surface area (TPSA) is 29.5 Å². The van der Waals surface area contributed by atoms with Crippen molar-refractivity contribution >= 4 is 6.09 Å². The fraction of sp³-hybridized carbons (Fsp3) is 0.462. The summed E-state index contributed by atoms with van der Waals surface area (Å²) in [6.45, 7) is 5.26. The zero-order chi connectivity index (χ0) is 13.9. The summed E-state index contributed by atoms with van der Waals surface area (Å²) in [5, 5.41) is 0. The fourth-order valence-electron chi connectivity index (χ4n) is 1.30. The van der Waals surface area contributed by atoms with Crippen LogP contribution in [0.5, 0.6) is 0 Å². The second-order valence-corrected chi connectivity index (χ2v) is 5.01. The molecular formula is C13H16F2NO2. The number of nitrogens with zero attached hydrogens (tertiary/aromatic N) is 1. The Labute approximate surface area is 105 Å². The molecule has 0 aliphatic rings. The number of hydrogen-bond donors (Lipinski definition) is 0. The van der Waals surface area contributed by atoms with Crippen molar-refractivity contribution in [3.8, 4) is 0 Å². The first-order valence-corrected chi connectivity index (χ1v) is 5.49. The van der Waals surface area contributed by atoms with Crippen molar-refractivity contribution in [2.45, 2.75) is 32.9 Å². The Balaban J connectivity index is 2.69. The van der Waals surface area contributed by atoms with Gasteiger partial charge in [-0.15, -0.1) is 0 Å². The summed E-state index contributed by atoms with van der Waals surface area (Å²) in [5.41, 5.74) is -0.358. The molecule has 1 radical (unpaired) electrons. The maximum Gasteiger partial charge on any atom is 0.410 e.